The van der Waals surface area contributed by atoms with Crippen molar-refractivity contribution in [3.05, 3.63) is 58.9 Å². The molecule has 0 heterocycles. The zero-order chi connectivity index (χ0) is 19.3. The Morgan fingerprint density at radius 2 is 1.73 bits per heavy atom. The monoisotopic (exact) mass is 399 g/mol. The number of benzene rings is 2. The summed E-state index contributed by atoms with van der Waals surface area (Å²) in [5.41, 5.74) is 3.38. The van der Waals surface area contributed by atoms with E-state index in [0.29, 0.717) is 5.56 Å². The minimum atomic E-state index is -4.07. The van der Waals surface area contributed by atoms with Gasteiger partial charge in [0.1, 0.15) is 5.82 Å². The van der Waals surface area contributed by atoms with Crippen LogP contribution < -0.4 is 15.2 Å². The fourth-order valence-corrected chi connectivity index (χ4v) is 3.41. The Bertz CT molecular complexity index is 885. The molecule has 0 aliphatic carbocycles. The topological polar surface area (TPSA) is 78.5 Å². The van der Waals surface area contributed by atoms with Crippen molar-refractivity contribution in [2.75, 3.05) is 18.0 Å². The van der Waals surface area contributed by atoms with Gasteiger partial charge in [0.2, 0.25) is 0 Å². The van der Waals surface area contributed by atoms with E-state index < -0.39 is 21.7 Å². The number of nitrogens with zero attached hydrogens (tertiary/aromatic N) is 1. The molecule has 0 fully saturated rings. The number of hydrogen-bond acceptors (Lipinski definition) is 4. The molecule has 0 bridgehead atoms. The molecule has 140 valence electrons. The molecule has 0 unspecified atom stereocenters. The van der Waals surface area contributed by atoms with Gasteiger partial charge >= 0.3 is 0 Å². The van der Waals surface area contributed by atoms with Crippen molar-refractivity contribution in [3.8, 4) is 0 Å². The highest BCUT2D eigenvalue weighted by Crippen LogP contribution is 2.19. The maximum Gasteiger partial charge on any atom is 0.266 e. The van der Waals surface area contributed by atoms with Crippen molar-refractivity contribution in [2.45, 2.75) is 18.7 Å². The second-order valence-corrected chi connectivity index (χ2v) is 7.44. The second kappa shape index (κ2) is 8.48. The molecule has 2 aromatic carbocycles. The molecule has 1 amide bonds. The van der Waals surface area contributed by atoms with Crippen LogP contribution in [0, 0.1) is 5.82 Å². The first kappa shape index (κ1) is 20.2. The minimum absolute atomic E-state index is 0.263. The molecule has 0 atom stereocenters. The van der Waals surface area contributed by atoms with E-state index in [1.807, 2.05) is 18.7 Å². The Kier molecular flexibility index (Phi) is 6.57. The van der Waals surface area contributed by atoms with Crippen LogP contribution in [0.15, 0.2) is 47.4 Å². The van der Waals surface area contributed by atoms with E-state index in [-0.39, 0.29) is 9.92 Å². The van der Waals surface area contributed by atoms with Crippen LogP contribution in [0.5, 0.6) is 0 Å². The third-order valence-corrected chi connectivity index (χ3v) is 5.29. The molecule has 2 aromatic rings. The molecule has 0 spiro atoms. The summed E-state index contributed by atoms with van der Waals surface area (Å²) in [7, 11) is -4.07. The van der Waals surface area contributed by atoms with E-state index in [9.17, 15) is 17.6 Å². The number of halogens is 2. The Morgan fingerprint density at radius 3 is 2.27 bits per heavy atom. The van der Waals surface area contributed by atoms with E-state index >= 15 is 0 Å². The van der Waals surface area contributed by atoms with Gasteiger partial charge in [0.15, 0.2) is 0 Å². The fourth-order valence-electron chi connectivity index (χ4n) is 2.30. The zero-order valence-electron chi connectivity index (χ0n) is 14.3. The van der Waals surface area contributed by atoms with Crippen LogP contribution >= 0.6 is 11.6 Å². The van der Waals surface area contributed by atoms with Crippen LogP contribution in [-0.4, -0.2) is 27.4 Å². The van der Waals surface area contributed by atoms with Crippen LogP contribution in [0.4, 0.5) is 10.1 Å². The zero-order valence-corrected chi connectivity index (χ0v) is 15.9. The molecule has 26 heavy (non-hydrogen) atoms. The molecule has 0 aliphatic heterocycles. The first-order valence-corrected chi connectivity index (χ1v) is 9.76. The SMILES string of the molecule is CCN(CC)c1ccc(C(=O)NNS(=O)(=O)c2ccc(F)c(Cl)c2)cc1. The summed E-state index contributed by atoms with van der Waals surface area (Å²) in [5.74, 6) is -1.35. The number of sulfonamides is 1. The highest BCUT2D eigenvalue weighted by molar-refractivity contribution is 7.89. The normalized spacial score (nSPS) is 11.2. The number of carbonyl (C=O) groups is 1. The van der Waals surface area contributed by atoms with Crippen LogP contribution in [0.25, 0.3) is 0 Å². The summed E-state index contributed by atoms with van der Waals surface area (Å²) in [5, 5.41) is -0.328. The van der Waals surface area contributed by atoms with E-state index in [0.717, 1.165) is 37.0 Å². The molecule has 0 saturated heterocycles. The van der Waals surface area contributed by atoms with Gasteiger partial charge in [0, 0.05) is 24.3 Å². The first-order chi connectivity index (χ1) is 12.3. The molecule has 0 radical (unpaired) electrons. The lowest BCUT2D eigenvalue weighted by Gasteiger charge is -2.21. The van der Waals surface area contributed by atoms with Crippen molar-refractivity contribution < 1.29 is 17.6 Å². The Balaban J connectivity index is 2.06. The quantitative estimate of drug-likeness (QED) is 0.701. The van der Waals surface area contributed by atoms with Gasteiger partial charge in [-0.1, -0.05) is 11.6 Å². The Hall–Kier alpha value is -2.16. The number of hydrazine groups is 1. The minimum Gasteiger partial charge on any atom is -0.372 e. The number of carbonyl (C=O) groups excluding carboxylic acids is 1. The summed E-state index contributed by atoms with van der Waals surface area (Å²) in [6.07, 6.45) is 0. The van der Waals surface area contributed by atoms with Gasteiger partial charge in [-0.15, -0.1) is 4.83 Å². The Morgan fingerprint density at radius 1 is 1.12 bits per heavy atom. The highest BCUT2D eigenvalue weighted by Gasteiger charge is 2.17. The third-order valence-electron chi connectivity index (χ3n) is 3.76. The summed E-state index contributed by atoms with van der Waals surface area (Å²) >= 11 is 5.58. The largest absolute Gasteiger partial charge is 0.372 e. The molecule has 6 nitrogen and oxygen atoms in total. The van der Waals surface area contributed by atoms with Gasteiger partial charge in [-0.3, -0.25) is 10.2 Å². The van der Waals surface area contributed by atoms with E-state index in [1.54, 1.807) is 24.3 Å². The lowest BCUT2D eigenvalue weighted by atomic mass is 10.2. The molecule has 9 heteroatoms. The van der Waals surface area contributed by atoms with Crippen LogP contribution in [-0.2, 0) is 10.0 Å². The third kappa shape index (κ3) is 4.72. The van der Waals surface area contributed by atoms with Crippen molar-refractivity contribution in [1.82, 2.24) is 10.3 Å². The maximum absolute atomic E-state index is 13.1. The standard InChI is InChI=1S/C17H19ClFN3O3S/c1-3-22(4-2)13-7-5-12(6-8-13)17(23)20-21-26(24,25)14-9-10-16(19)15(18)11-14/h5-11,21H,3-4H2,1-2H3,(H,20,23). The van der Waals surface area contributed by atoms with Crippen molar-refractivity contribution >= 4 is 33.2 Å². The van der Waals surface area contributed by atoms with Gasteiger partial charge in [-0.25, -0.2) is 12.8 Å². The van der Waals surface area contributed by atoms with Crippen molar-refractivity contribution in [1.29, 1.82) is 0 Å². The number of hydrogen-bond donors (Lipinski definition) is 2. The Labute approximate surface area is 157 Å². The predicted molar refractivity (Wildman–Crippen MR) is 99.2 cm³/mol. The van der Waals surface area contributed by atoms with E-state index in [2.05, 4.69) is 10.3 Å². The number of anilines is 1. The van der Waals surface area contributed by atoms with Gasteiger partial charge < -0.3 is 4.90 Å². The molecular formula is C17H19ClFN3O3S. The van der Waals surface area contributed by atoms with Crippen molar-refractivity contribution in [3.63, 3.8) is 0 Å². The molecule has 0 saturated carbocycles. The summed E-state index contributed by atoms with van der Waals surface area (Å²) < 4.78 is 37.4. The van der Waals surface area contributed by atoms with Gasteiger partial charge in [-0.05, 0) is 56.3 Å². The second-order valence-electron chi connectivity index (χ2n) is 5.35. The van der Waals surface area contributed by atoms with Gasteiger partial charge in [-0.2, -0.15) is 0 Å². The smallest absolute Gasteiger partial charge is 0.266 e. The van der Waals surface area contributed by atoms with Crippen LogP contribution in [0.2, 0.25) is 5.02 Å². The van der Waals surface area contributed by atoms with Crippen LogP contribution in [0.3, 0.4) is 0 Å². The summed E-state index contributed by atoms with van der Waals surface area (Å²) in [6.45, 7) is 5.73. The fraction of sp³-hybridized carbons (Fsp3) is 0.235. The molecule has 2 N–H and O–H groups in total. The molecule has 0 aliphatic rings. The maximum atomic E-state index is 13.1. The lowest BCUT2D eigenvalue weighted by Crippen LogP contribution is -2.41. The molecule has 2 rings (SSSR count). The van der Waals surface area contributed by atoms with E-state index in [4.69, 9.17) is 11.6 Å². The molecule has 0 aromatic heterocycles. The number of amides is 1. The lowest BCUT2D eigenvalue weighted by molar-refractivity contribution is 0.0945. The van der Waals surface area contributed by atoms with Gasteiger partial charge in [0.25, 0.3) is 15.9 Å². The molecular weight excluding hydrogens is 381 g/mol. The first-order valence-electron chi connectivity index (χ1n) is 7.90. The average Bonchev–Trinajstić information content (AvgIpc) is 2.63. The average molecular weight is 400 g/mol. The van der Waals surface area contributed by atoms with E-state index in [1.165, 1.54) is 0 Å². The number of rotatable bonds is 7. The van der Waals surface area contributed by atoms with Crippen LogP contribution in [0.1, 0.15) is 24.2 Å². The predicted octanol–water partition coefficient (Wildman–Crippen LogP) is 2.95. The number of nitrogens with one attached hydrogen (secondary N) is 2. The highest BCUT2D eigenvalue weighted by atomic mass is 35.5. The summed E-state index contributed by atoms with van der Waals surface area (Å²) in [6, 6.07) is 9.73. The summed E-state index contributed by atoms with van der Waals surface area (Å²) in [4.78, 5) is 15.9. The van der Waals surface area contributed by atoms with Gasteiger partial charge in [0.05, 0.1) is 9.92 Å². The van der Waals surface area contributed by atoms with Crippen molar-refractivity contribution in [2.24, 2.45) is 0 Å².